The highest BCUT2D eigenvalue weighted by atomic mass is 16.5. The van der Waals surface area contributed by atoms with E-state index in [4.69, 9.17) is 9.47 Å². The minimum absolute atomic E-state index is 0.244. The molecule has 2 aromatic rings. The van der Waals surface area contributed by atoms with Crippen molar-refractivity contribution in [3.05, 3.63) is 41.1 Å². The van der Waals surface area contributed by atoms with Crippen LogP contribution in [0.25, 0.3) is 11.1 Å². The standard InChI is InChI=1S/C14H16N2O3/c1-4-16-9-11(8-15-14(16)17)10-5-6-12(18-2)13(7-10)19-3/h5-9H,4H2,1-3H3. The molecular weight excluding hydrogens is 244 g/mol. The molecule has 0 saturated carbocycles. The van der Waals surface area contributed by atoms with E-state index in [1.807, 2.05) is 25.1 Å². The number of aryl methyl sites for hydroxylation is 1. The maximum Gasteiger partial charge on any atom is 0.347 e. The normalized spacial score (nSPS) is 10.3. The summed E-state index contributed by atoms with van der Waals surface area (Å²) in [5.41, 5.74) is 1.54. The third-order valence-electron chi connectivity index (χ3n) is 2.91. The number of rotatable bonds is 4. The van der Waals surface area contributed by atoms with Gasteiger partial charge in [-0.05, 0) is 24.6 Å². The Morgan fingerprint density at radius 3 is 2.53 bits per heavy atom. The van der Waals surface area contributed by atoms with E-state index < -0.39 is 0 Å². The quantitative estimate of drug-likeness (QED) is 0.843. The van der Waals surface area contributed by atoms with E-state index in [0.29, 0.717) is 18.0 Å². The van der Waals surface area contributed by atoms with E-state index in [2.05, 4.69) is 4.98 Å². The molecule has 0 aliphatic rings. The van der Waals surface area contributed by atoms with Gasteiger partial charge in [-0.1, -0.05) is 6.07 Å². The maximum atomic E-state index is 11.5. The third kappa shape index (κ3) is 2.59. The largest absolute Gasteiger partial charge is 0.493 e. The molecule has 0 unspecified atom stereocenters. The number of aromatic nitrogens is 2. The molecule has 5 nitrogen and oxygen atoms in total. The maximum absolute atomic E-state index is 11.5. The molecule has 0 aliphatic heterocycles. The first-order valence-corrected chi connectivity index (χ1v) is 5.98. The highest BCUT2D eigenvalue weighted by molar-refractivity contribution is 5.65. The summed E-state index contributed by atoms with van der Waals surface area (Å²) in [7, 11) is 3.18. The first-order chi connectivity index (χ1) is 9.19. The predicted octanol–water partition coefficient (Wildman–Crippen LogP) is 1.95. The van der Waals surface area contributed by atoms with Crippen LogP contribution in [0.1, 0.15) is 6.92 Å². The van der Waals surface area contributed by atoms with E-state index in [0.717, 1.165) is 11.1 Å². The van der Waals surface area contributed by atoms with Crippen molar-refractivity contribution in [2.24, 2.45) is 0 Å². The summed E-state index contributed by atoms with van der Waals surface area (Å²) in [5.74, 6) is 1.32. The van der Waals surface area contributed by atoms with Crippen molar-refractivity contribution >= 4 is 0 Å². The molecule has 0 fully saturated rings. The van der Waals surface area contributed by atoms with Crippen LogP contribution in [0.4, 0.5) is 0 Å². The second-order valence-corrected chi connectivity index (χ2v) is 3.98. The molecule has 0 radical (unpaired) electrons. The molecule has 100 valence electrons. The van der Waals surface area contributed by atoms with Crippen LogP contribution >= 0.6 is 0 Å². The van der Waals surface area contributed by atoms with Gasteiger partial charge < -0.3 is 9.47 Å². The van der Waals surface area contributed by atoms with Crippen LogP contribution in [0.3, 0.4) is 0 Å². The van der Waals surface area contributed by atoms with Crippen LogP contribution < -0.4 is 15.2 Å². The summed E-state index contributed by atoms with van der Waals surface area (Å²) in [5, 5.41) is 0. The molecule has 0 N–H and O–H groups in total. The van der Waals surface area contributed by atoms with Crippen LogP contribution in [-0.4, -0.2) is 23.8 Å². The van der Waals surface area contributed by atoms with E-state index in [-0.39, 0.29) is 5.69 Å². The van der Waals surface area contributed by atoms with Gasteiger partial charge in [0.05, 0.1) is 14.2 Å². The lowest BCUT2D eigenvalue weighted by Gasteiger charge is -2.10. The van der Waals surface area contributed by atoms with Gasteiger partial charge >= 0.3 is 5.69 Å². The number of nitrogens with zero attached hydrogens (tertiary/aromatic N) is 2. The Labute approximate surface area is 111 Å². The predicted molar refractivity (Wildman–Crippen MR) is 72.7 cm³/mol. The lowest BCUT2D eigenvalue weighted by atomic mass is 10.1. The summed E-state index contributed by atoms with van der Waals surface area (Å²) in [6, 6.07) is 5.60. The van der Waals surface area contributed by atoms with Crippen molar-refractivity contribution in [2.45, 2.75) is 13.5 Å². The Kier molecular flexibility index (Phi) is 3.85. The zero-order valence-electron chi connectivity index (χ0n) is 11.2. The second kappa shape index (κ2) is 5.56. The fourth-order valence-corrected chi connectivity index (χ4v) is 1.85. The van der Waals surface area contributed by atoms with Gasteiger partial charge in [-0.3, -0.25) is 4.57 Å². The van der Waals surface area contributed by atoms with E-state index in [1.165, 1.54) is 0 Å². The van der Waals surface area contributed by atoms with Crippen LogP contribution in [-0.2, 0) is 6.54 Å². The number of benzene rings is 1. The summed E-state index contributed by atoms with van der Waals surface area (Å²) >= 11 is 0. The molecule has 5 heteroatoms. The molecule has 2 rings (SSSR count). The first-order valence-electron chi connectivity index (χ1n) is 5.98. The van der Waals surface area contributed by atoms with E-state index in [9.17, 15) is 4.79 Å². The summed E-state index contributed by atoms with van der Waals surface area (Å²) < 4.78 is 12.0. The number of hydrogen-bond donors (Lipinski definition) is 0. The van der Waals surface area contributed by atoms with Crippen LogP contribution in [0, 0.1) is 0 Å². The molecule has 0 atom stereocenters. The summed E-state index contributed by atoms with van der Waals surface area (Å²) in [4.78, 5) is 15.3. The Morgan fingerprint density at radius 1 is 1.16 bits per heavy atom. The van der Waals surface area contributed by atoms with Crippen molar-refractivity contribution in [1.29, 1.82) is 0 Å². The Bertz CT molecular complexity index is 635. The highest BCUT2D eigenvalue weighted by Crippen LogP contribution is 2.31. The zero-order chi connectivity index (χ0) is 13.8. The Hall–Kier alpha value is -2.30. The SMILES string of the molecule is CCn1cc(-c2ccc(OC)c(OC)c2)cnc1=O. The molecular formula is C14H16N2O3. The Balaban J connectivity index is 2.50. The topological polar surface area (TPSA) is 53.4 Å². The number of hydrogen-bond acceptors (Lipinski definition) is 4. The minimum Gasteiger partial charge on any atom is -0.493 e. The van der Waals surface area contributed by atoms with E-state index in [1.54, 1.807) is 31.2 Å². The van der Waals surface area contributed by atoms with Gasteiger partial charge in [-0.2, -0.15) is 0 Å². The smallest absolute Gasteiger partial charge is 0.347 e. The molecule has 1 aromatic heterocycles. The average Bonchev–Trinajstić information content (AvgIpc) is 2.47. The second-order valence-electron chi connectivity index (χ2n) is 3.98. The molecule has 0 spiro atoms. The van der Waals surface area contributed by atoms with Gasteiger partial charge in [0.1, 0.15) is 0 Å². The van der Waals surface area contributed by atoms with Crippen molar-refractivity contribution in [1.82, 2.24) is 9.55 Å². The molecule has 19 heavy (non-hydrogen) atoms. The summed E-state index contributed by atoms with van der Waals surface area (Å²) in [6.45, 7) is 2.49. The number of ether oxygens (including phenoxy) is 2. The van der Waals surface area contributed by atoms with Crippen LogP contribution in [0.5, 0.6) is 11.5 Å². The third-order valence-corrected chi connectivity index (χ3v) is 2.91. The van der Waals surface area contributed by atoms with Crippen LogP contribution in [0.2, 0.25) is 0 Å². The fourth-order valence-electron chi connectivity index (χ4n) is 1.85. The van der Waals surface area contributed by atoms with Crippen LogP contribution in [0.15, 0.2) is 35.4 Å². The van der Waals surface area contributed by atoms with Crippen molar-refractivity contribution in [3.8, 4) is 22.6 Å². The summed E-state index contributed by atoms with van der Waals surface area (Å²) in [6.07, 6.45) is 3.35. The van der Waals surface area contributed by atoms with Gasteiger partial charge in [0.25, 0.3) is 0 Å². The lowest BCUT2D eigenvalue weighted by Crippen LogP contribution is -2.21. The van der Waals surface area contributed by atoms with Gasteiger partial charge in [0.2, 0.25) is 0 Å². The fraction of sp³-hybridized carbons (Fsp3) is 0.286. The van der Waals surface area contributed by atoms with Crippen molar-refractivity contribution < 1.29 is 9.47 Å². The van der Waals surface area contributed by atoms with Gasteiger partial charge in [0.15, 0.2) is 11.5 Å². The van der Waals surface area contributed by atoms with Gasteiger partial charge in [0, 0.05) is 24.5 Å². The minimum atomic E-state index is -0.244. The monoisotopic (exact) mass is 260 g/mol. The molecule has 0 bridgehead atoms. The van der Waals surface area contributed by atoms with Gasteiger partial charge in [-0.25, -0.2) is 9.78 Å². The first kappa shape index (κ1) is 13.1. The average molecular weight is 260 g/mol. The lowest BCUT2D eigenvalue weighted by molar-refractivity contribution is 0.355. The van der Waals surface area contributed by atoms with E-state index >= 15 is 0 Å². The molecule has 1 heterocycles. The molecule has 0 aliphatic carbocycles. The highest BCUT2D eigenvalue weighted by Gasteiger charge is 2.07. The van der Waals surface area contributed by atoms with Gasteiger partial charge in [-0.15, -0.1) is 0 Å². The van der Waals surface area contributed by atoms with Crippen molar-refractivity contribution in [2.75, 3.05) is 14.2 Å². The Morgan fingerprint density at radius 2 is 1.89 bits per heavy atom. The van der Waals surface area contributed by atoms with Crippen molar-refractivity contribution in [3.63, 3.8) is 0 Å². The molecule has 0 amide bonds. The zero-order valence-corrected chi connectivity index (χ0v) is 11.2. The molecule has 1 aromatic carbocycles. The number of methoxy groups -OCH3 is 2. The molecule has 0 saturated heterocycles.